The number of carbonyl (C=O) groups excluding carboxylic acids is 1. The molecule has 0 saturated heterocycles. The summed E-state index contributed by atoms with van der Waals surface area (Å²) >= 11 is 0. The molecule has 1 heterocycles. The van der Waals surface area contributed by atoms with Crippen LogP contribution in [0, 0.1) is 6.92 Å². The number of aromatic nitrogens is 3. The minimum Gasteiger partial charge on any atom is -0.460 e. The number of rotatable bonds is 8. The van der Waals surface area contributed by atoms with Crippen molar-refractivity contribution >= 4 is 12.0 Å². The summed E-state index contributed by atoms with van der Waals surface area (Å²) in [6, 6.07) is 17.5. The van der Waals surface area contributed by atoms with Crippen LogP contribution in [0.5, 0.6) is 6.01 Å². The van der Waals surface area contributed by atoms with Crippen molar-refractivity contribution in [3.63, 3.8) is 0 Å². The van der Waals surface area contributed by atoms with Crippen molar-refractivity contribution in [1.82, 2.24) is 14.8 Å². The molecule has 0 atom stereocenters. The quantitative estimate of drug-likeness (QED) is 0.438. The van der Waals surface area contributed by atoms with E-state index in [1.807, 2.05) is 68.4 Å². The monoisotopic (exact) mass is 377 g/mol. The fourth-order valence-electron chi connectivity index (χ4n) is 2.54. The minimum absolute atomic E-state index is 0.150. The predicted molar refractivity (Wildman–Crippen MR) is 108 cm³/mol. The second-order valence-electron chi connectivity index (χ2n) is 6.12. The molecule has 0 spiro atoms. The van der Waals surface area contributed by atoms with Crippen molar-refractivity contribution in [3.05, 3.63) is 71.8 Å². The van der Waals surface area contributed by atoms with Gasteiger partial charge in [-0.3, -0.25) is 4.79 Å². The van der Waals surface area contributed by atoms with Crippen LogP contribution in [0.2, 0.25) is 0 Å². The molecule has 6 nitrogen and oxygen atoms in total. The lowest BCUT2D eigenvalue weighted by atomic mass is 10.1. The van der Waals surface area contributed by atoms with E-state index in [9.17, 15) is 4.79 Å². The molecule has 3 rings (SSSR count). The van der Waals surface area contributed by atoms with E-state index in [2.05, 4.69) is 10.1 Å². The molecule has 0 amide bonds. The van der Waals surface area contributed by atoms with Gasteiger partial charge in [0.05, 0.1) is 6.61 Å². The topological polar surface area (TPSA) is 66.2 Å². The Morgan fingerprint density at radius 1 is 1.07 bits per heavy atom. The molecule has 6 heteroatoms. The van der Waals surface area contributed by atoms with Crippen LogP contribution >= 0.6 is 0 Å². The molecule has 0 unspecified atom stereocenters. The number of hydrogen-bond donors (Lipinski definition) is 0. The summed E-state index contributed by atoms with van der Waals surface area (Å²) in [7, 11) is 0. The smallest absolute Gasteiger partial charge is 0.336 e. The van der Waals surface area contributed by atoms with Crippen LogP contribution < -0.4 is 4.74 Å². The van der Waals surface area contributed by atoms with Crippen molar-refractivity contribution in [1.29, 1.82) is 0 Å². The molecule has 2 aromatic carbocycles. The molecular formula is C22H23N3O3. The van der Waals surface area contributed by atoms with E-state index >= 15 is 0 Å². The van der Waals surface area contributed by atoms with Gasteiger partial charge in [0.1, 0.15) is 6.61 Å². The van der Waals surface area contributed by atoms with Crippen molar-refractivity contribution in [3.8, 4) is 17.4 Å². The number of allylic oxidation sites excluding steroid dienone is 1. The van der Waals surface area contributed by atoms with Crippen LogP contribution in [0.1, 0.15) is 22.8 Å². The van der Waals surface area contributed by atoms with E-state index in [4.69, 9.17) is 9.47 Å². The third kappa shape index (κ3) is 5.14. The van der Waals surface area contributed by atoms with Crippen LogP contribution in [0.15, 0.2) is 60.7 Å². The molecule has 28 heavy (non-hydrogen) atoms. The Kier molecular flexibility index (Phi) is 6.70. The Balaban J connectivity index is 1.86. The maximum Gasteiger partial charge on any atom is 0.336 e. The first kappa shape index (κ1) is 19.5. The van der Waals surface area contributed by atoms with Crippen LogP contribution in [0.4, 0.5) is 0 Å². The van der Waals surface area contributed by atoms with Crippen molar-refractivity contribution < 1.29 is 14.3 Å². The third-order valence-corrected chi connectivity index (χ3v) is 3.99. The molecule has 0 aliphatic carbocycles. The number of hydrogen-bond acceptors (Lipinski definition) is 5. The molecule has 0 fully saturated rings. The Morgan fingerprint density at radius 3 is 2.54 bits per heavy atom. The van der Waals surface area contributed by atoms with Gasteiger partial charge in [-0.1, -0.05) is 60.2 Å². The largest absolute Gasteiger partial charge is 0.460 e. The molecule has 0 saturated carbocycles. The molecule has 144 valence electrons. The van der Waals surface area contributed by atoms with Gasteiger partial charge in [-0.05, 0) is 25.5 Å². The molecule has 0 aliphatic rings. The van der Waals surface area contributed by atoms with Gasteiger partial charge < -0.3 is 9.47 Å². The molecule has 3 aromatic rings. The maximum atomic E-state index is 12.8. The molecule has 0 N–H and O–H groups in total. The maximum absolute atomic E-state index is 12.8. The van der Waals surface area contributed by atoms with E-state index in [1.54, 1.807) is 6.08 Å². The van der Waals surface area contributed by atoms with Crippen molar-refractivity contribution in [2.24, 2.45) is 0 Å². The zero-order valence-electron chi connectivity index (χ0n) is 16.0. The molecule has 0 aliphatic heterocycles. The summed E-state index contributed by atoms with van der Waals surface area (Å²) < 4.78 is 12.1. The van der Waals surface area contributed by atoms with Gasteiger partial charge in [0.2, 0.25) is 0 Å². The molecule has 0 radical (unpaired) electrons. The predicted octanol–water partition coefficient (Wildman–Crippen LogP) is 4.02. The van der Waals surface area contributed by atoms with Crippen LogP contribution in [-0.2, 0) is 4.74 Å². The number of aryl methyl sites for hydroxylation is 1. The summed E-state index contributed by atoms with van der Waals surface area (Å²) in [5.74, 6) is 0.140. The fourth-order valence-corrected chi connectivity index (χ4v) is 2.54. The summed E-state index contributed by atoms with van der Waals surface area (Å²) in [5, 5.41) is 4.25. The molecular weight excluding hydrogens is 354 g/mol. The SMILES string of the molecule is CCOCCOc1nc(-c2ccc(C)cc2)n(C(=O)/C=C/c2ccccc2)n1. The summed E-state index contributed by atoms with van der Waals surface area (Å²) in [6.07, 6.45) is 3.23. The van der Waals surface area contributed by atoms with Crippen LogP contribution in [0.25, 0.3) is 17.5 Å². The lowest BCUT2D eigenvalue weighted by molar-refractivity contribution is 0.0947. The van der Waals surface area contributed by atoms with Gasteiger partial charge in [0, 0.05) is 18.2 Å². The highest BCUT2D eigenvalue weighted by molar-refractivity contribution is 5.95. The van der Waals surface area contributed by atoms with Crippen molar-refractivity contribution in [2.45, 2.75) is 13.8 Å². The standard InChI is InChI=1S/C22H23N3O3/c1-3-27-15-16-28-22-23-21(19-12-9-17(2)10-13-19)25(24-22)20(26)14-11-18-7-5-4-6-8-18/h4-14H,3,15-16H2,1-2H3/b14-11+. The van der Waals surface area contributed by atoms with E-state index in [0.29, 0.717) is 25.6 Å². The first-order chi connectivity index (χ1) is 13.7. The van der Waals surface area contributed by atoms with Crippen LogP contribution in [-0.4, -0.2) is 40.5 Å². The second-order valence-corrected chi connectivity index (χ2v) is 6.12. The Labute approximate surface area is 164 Å². The Morgan fingerprint density at radius 2 is 1.82 bits per heavy atom. The number of benzene rings is 2. The first-order valence-corrected chi connectivity index (χ1v) is 9.19. The van der Waals surface area contributed by atoms with Gasteiger partial charge >= 0.3 is 6.01 Å². The first-order valence-electron chi connectivity index (χ1n) is 9.19. The van der Waals surface area contributed by atoms with Gasteiger partial charge in [-0.2, -0.15) is 9.67 Å². The minimum atomic E-state index is -0.299. The average molecular weight is 377 g/mol. The van der Waals surface area contributed by atoms with E-state index in [-0.39, 0.29) is 11.9 Å². The highest BCUT2D eigenvalue weighted by atomic mass is 16.5. The normalized spacial score (nSPS) is 11.1. The molecule has 1 aromatic heterocycles. The van der Waals surface area contributed by atoms with Gasteiger partial charge in [-0.25, -0.2) is 0 Å². The highest BCUT2D eigenvalue weighted by Gasteiger charge is 2.17. The number of nitrogens with zero attached hydrogens (tertiary/aromatic N) is 3. The second kappa shape index (κ2) is 9.62. The lowest BCUT2D eigenvalue weighted by Crippen LogP contribution is -2.12. The van der Waals surface area contributed by atoms with Crippen molar-refractivity contribution in [2.75, 3.05) is 19.8 Å². The number of ether oxygens (including phenoxy) is 2. The Bertz CT molecular complexity index is 931. The van der Waals surface area contributed by atoms with Gasteiger partial charge in [0.15, 0.2) is 5.82 Å². The van der Waals surface area contributed by atoms with Crippen LogP contribution in [0.3, 0.4) is 0 Å². The van der Waals surface area contributed by atoms with Gasteiger partial charge in [0.25, 0.3) is 5.91 Å². The average Bonchev–Trinajstić information content (AvgIpc) is 3.15. The Hall–Kier alpha value is -3.25. The molecule has 0 bridgehead atoms. The summed E-state index contributed by atoms with van der Waals surface area (Å²) in [6.45, 7) is 5.29. The third-order valence-electron chi connectivity index (χ3n) is 3.99. The summed E-state index contributed by atoms with van der Waals surface area (Å²) in [5.41, 5.74) is 2.85. The zero-order valence-corrected chi connectivity index (χ0v) is 16.0. The van der Waals surface area contributed by atoms with E-state index in [1.165, 1.54) is 10.8 Å². The zero-order chi connectivity index (χ0) is 19.8. The highest BCUT2D eigenvalue weighted by Crippen LogP contribution is 2.21. The van der Waals surface area contributed by atoms with Gasteiger partial charge in [-0.15, -0.1) is 5.10 Å². The number of carbonyl (C=O) groups is 1. The summed E-state index contributed by atoms with van der Waals surface area (Å²) in [4.78, 5) is 17.2. The van der Waals surface area contributed by atoms with E-state index < -0.39 is 0 Å². The fraction of sp³-hybridized carbons (Fsp3) is 0.227. The lowest BCUT2D eigenvalue weighted by Gasteiger charge is -2.02. The van der Waals surface area contributed by atoms with E-state index in [0.717, 1.165) is 16.7 Å².